The van der Waals surface area contributed by atoms with Gasteiger partial charge in [-0.2, -0.15) is 0 Å². The molecule has 1 atom stereocenters. The first-order valence-corrected chi connectivity index (χ1v) is 7.44. The van der Waals surface area contributed by atoms with E-state index < -0.39 is 15.7 Å². The number of pyridine rings is 1. The van der Waals surface area contributed by atoms with Gasteiger partial charge in [0.05, 0.1) is 23.2 Å². The van der Waals surface area contributed by atoms with Crippen molar-refractivity contribution in [2.45, 2.75) is 6.04 Å². The molecule has 0 radical (unpaired) electrons. The molecule has 0 spiro atoms. The Balaban J connectivity index is 2.02. The van der Waals surface area contributed by atoms with E-state index in [1.54, 1.807) is 22.9 Å². The van der Waals surface area contributed by atoms with Gasteiger partial charge in [-0.15, -0.1) is 0 Å². The second-order valence-corrected chi connectivity index (χ2v) is 6.60. The van der Waals surface area contributed by atoms with Crippen molar-refractivity contribution >= 4 is 15.5 Å². The third kappa shape index (κ3) is 1.99. The predicted molar refractivity (Wildman–Crippen MR) is 64.5 cm³/mol. The molecule has 0 aliphatic carbocycles. The van der Waals surface area contributed by atoms with E-state index in [9.17, 15) is 12.8 Å². The highest BCUT2D eigenvalue weighted by Crippen LogP contribution is 2.19. The fourth-order valence-corrected chi connectivity index (χ4v) is 3.53. The van der Waals surface area contributed by atoms with Crippen LogP contribution < -0.4 is 5.32 Å². The number of hydrogen-bond acceptors (Lipinski definition) is 4. The largest absolute Gasteiger partial charge is 0.307 e. The van der Waals surface area contributed by atoms with Crippen molar-refractivity contribution in [3.05, 3.63) is 36.0 Å². The van der Waals surface area contributed by atoms with Crippen LogP contribution >= 0.6 is 0 Å². The average Bonchev–Trinajstić information content (AvgIpc) is 2.73. The summed E-state index contributed by atoms with van der Waals surface area (Å²) in [5.74, 6) is -0.258. The molecule has 0 amide bonds. The molecule has 3 heterocycles. The Hall–Kier alpha value is -1.47. The quantitative estimate of drug-likeness (QED) is 0.820. The minimum atomic E-state index is -3.03. The summed E-state index contributed by atoms with van der Waals surface area (Å²) in [6, 6.07) is 2.55. The van der Waals surface area contributed by atoms with Gasteiger partial charge in [0.25, 0.3) is 0 Å². The fraction of sp³-hybridized carbons (Fsp3) is 0.364. The van der Waals surface area contributed by atoms with Crippen LogP contribution in [0.15, 0.2) is 24.5 Å². The topological polar surface area (TPSA) is 63.5 Å². The third-order valence-electron chi connectivity index (χ3n) is 3.04. The van der Waals surface area contributed by atoms with Gasteiger partial charge in [-0.25, -0.2) is 17.8 Å². The molecule has 2 aromatic rings. The normalized spacial score (nSPS) is 23.3. The summed E-state index contributed by atoms with van der Waals surface area (Å²) in [4.78, 5) is 4.16. The van der Waals surface area contributed by atoms with Gasteiger partial charge in [-0.05, 0) is 12.1 Å². The molecule has 7 heteroatoms. The molecule has 1 saturated heterocycles. The molecule has 1 unspecified atom stereocenters. The Kier molecular flexibility index (Phi) is 2.60. The minimum absolute atomic E-state index is 0.0124. The Labute approximate surface area is 104 Å². The standard InChI is InChI=1S/C11H12FN3O2S/c12-8-2-1-4-15-6-9(14-11(8)15)10-7-18(16,17)5-3-13-10/h1-2,4,6,10,13H,3,5,7H2. The SMILES string of the molecule is O=S1(=O)CCNC(c2cn3cccc(F)c3n2)C1. The number of nitrogens with one attached hydrogen (secondary N) is 1. The molecule has 1 aliphatic rings. The van der Waals surface area contributed by atoms with Crippen LogP contribution in [0.25, 0.3) is 5.65 Å². The zero-order valence-electron chi connectivity index (χ0n) is 9.51. The van der Waals surface area contributed by atoms with E-state index in [0.717, 1.165) is 0 Å². The first kappa shape index (κ1) is 11.6. The van der Waals surface area contributed by atoms with Gasteiger partial charge >= 0.3 is 0 Å². The van der Waals surface area contributed by atoms with Crippen molar-refractivity contribution in [3.8, 4) is 0 Å². The number of hydrogen-bond donors (Lipinski definition) is 1. The Bertz CT molecular complexity index is 695. The number of rotatable bonds is 1. The van der Waals surface area contributed by atoms with E-state index in [1.807, 2.05) is 0 Å². The number of fused-ring (bicyclic) bond motifs is 1. The molecule has 18 heavy (non-hydrogen) atoms. The Morgan fingerprint density at radius 1 is 1.50 bits per heavy atom. The number of imidazole rings is 1. The fourth-order valence-electron chi connectivity index (χ4n) is 2.14. The van der Waals surface area contributed by atoms with Gasteiger partial charge in [0, 0.05) is 18.9 Å². The molecule has 1 fully saturated rings. The highest BCUT2D eigenvalue weighted by atomic mass is 32.2. The van der Waals surface area contributed by atoms with Crippen molar-refractivity contribution in [2.75, 3.05) is 18.1 Å². The number of halogens is 1. The summed E-state index contributed by atoms with van der Waals surface area (Å²) in [6.45, 7) is 0.406. The number of nitrogens with zero attached hydrogens (tertiary/aromatic N) is 2. The summed E-state index contributed by atoms with van der Waals surface area (Å²) in [6.07, 6.45) is 3.35. The molecular formula is C11H12FN3O2S. The lowest BCUT2D eigenvalue weighted by molar-refractivity contribution is 0.525. The maximum absolute atomic E-state index is 13.5. The minimum Gasteiger partial charge on any atom is -0.307 e. The highest BCUT2D eigenvalue weighted by molar-refractivity contribution is 7.91. The third-order valence-corrected chi connectivity index (χ3v) is 4.70. The molecule has 1 aliphatic heterocycles. The average molecular weight is 269 g/mol. The van der Waals surface area contributed by atoms with Crippen molar-refractivity contribution in [1.29, 1.82) is 0 Å². The number of aromatic nitrogens is 2. The van der Waals surface area contributed by atoms with Gasteiger partial charge in [-0.1, -0.05) is 0 Å². The van der Waals surface area contributed by atoms with Crippen LogP contribution in [0, 0.1) is 5.82 Å². The molecule has 0 saturated carbocycles. The van der Waals surface area contributed by atoms with Crippen molar-refractivity contribution < 1.29 is 12.8 Å². The van der Waals surface area contributed by atoms with E-state index in [1.165, 1.54) is 6.07 Å². The maximum Gasteiger partial charge on any atom is 0.173 e. The molecule has 96 valence electrons. The summed E-state index contributed by atoms with van der Waals surface area (Å²) in [5, 5.41) is 3.09. The first-order chi connectivity index (χ1) is 8.55. The first-order valence-electron chi connectivity index (χ1n) is 5.62. The number of sulfone groups is 1. The summed E-state index contributed by atoms with van der Waals surface area (Å²) < 4.78 is 38.2. The van der Waals surface area contributed by atoms with Gasteiger partial charge in [0.15, 0.2) is 21.3 Å². The van der Waals surface area contributed by atoms with Gasteiger partial charge in [-0.3, -0.25) is 0 Å². The van der Waals surface area contributed by atoms with Crippen LogP contribution in [-0.4, -0.2) is 35.9 Å². The van der Waals surface area contributed by atoms with Crippen LogP contribution in [-0.2, 0) is 9.84 Å². The Morgan fingerprint density at radius 2 is 2.33 bits per heavy atom. The van der Waals surface area contributed by atoms with Crippen LogP contribution in [0.1, 0.15) is 11.7 Å². The van der Waals surface area contributed by atoms with E-state index >= 15 is 0 Å². The predicted octanol–water partition coefficient (Wildman–Crippen LogP) is 0.532. The van der Waals surface area contributed by atoms with Crippen LogP contribution in [0.3, 0.4) is 0 Å². The molecule has 2 aromatic heterocycles. The maximum atomic E-state index is 13.5. The lowest BCUT2D eigenvalue weighted by atomic mass is 10.2. The summed E-state index contributed by atoms with van der Waals surface area (Å²) in [7, 11) is -3.03. The molecular weight excluding hydrogens is 257 g/mol. The van der Waals surface area contributed by atoms with E-state index in [-0.39, 0.29) is 23.2 Å². The smallest absolute Gasteiger partial charge is 0.173 e. The van der Waals surface area contributed by atoms with Crippen molar-refractivity contribution in [2.24, 2.45) is 0 Å². The molecule has 1 N–H and O–H groups in total. The van der Waals surface area contributed by atoms with Crippen molar-refractivity contribution in [3.63, 3.8) is 0 Å². The van der Waals surface area contributed by atoms with E-state index in [0.29, 0.717) is 12.2 Å². The molecule has 0 aromatic carbocycles. The van der Waals surface area contributed by atoms with Gasteiger partial charge < -0.3 is 9.72 Å². The summed E-state index contributed by atoms with van der Waals surface area (Å²) >= 11 is 0. The lowest BCUT2D eigenvalue weighted by Gasteiger charge is -2.21. The van der Waals surface area contributed by atoms with Gasteiger partial charge in [0.2, 0.25) is 0 Å². The van der Waals surface area contributed by atoms with E-state index in [4.69, 9.17) is 0 Å². The second kappa shape index (κ2) is 4.03. The zero-order chi connectivity index (χ0) is 12.8. The highest BCUT2D eigenvalue weighted by Gasteiger charge is 2.27. The van der Waals surface area contributed by atoms with Crippen LogP contribution in [0.2, 0.25) is 0 Å². The molecule has 5 nitrogen and oxygen atoms in total. The molecule has 0 bridgehead atoms. The van der Waals surface area contributed by atoms with E-state index in [2.05, 4.69) is 10.3 Å². The van der Waals surface area contributed by atoms with Crippen molar-refractivity contribution in [1.82, 2.24) is 14.7 Å². The summed E-state index contributed by atoms with van der Waals surface area (Å²) in [5.41, 5.74) is 0.778. The van der Waals surface area contributed by atoms with Crippen LogP contribution in [0.5, 0.6) is 0 Å². The van der Waals surface area contributed by atoms with Crippen LogP contribution in [0.4, 0.5) is 4.39 Å². The Morgan fingerprint density at radius 3 is 3.06 bits per heavy atom. The monoisotopic (exact) mass is 269 g/mol. The second-order valence-electron chi connectivity index (χ2n) is 4.37. The lowest BCUT2D eigenvalue weighted by Crippen LogP contribution is -2.39. The van der Waals surface area contributed by atoms with Gasteiger partial charge in [0.1, 0.15) is 0 Å². The zero-order valence-corrected chi connectivity index (χ0v) is 10.3. The molecule has 3 rings (SSSR count).